The predicted molar refractivity (Wildman–Crippen MR) is 113 cm³/mol. The predicted octanol–water partition coefficient (Wildman–Crippen LogP) is 3.43. The summed E-state index contributed by atoms with van der Waals surface area (Å²) in [5.74, 6) is -0.244. The number of hydrogen-bond donors (Lipinski definition) is 3. The molecular weight excluding hydrogens is 366 g/mol. The van der Waals surface area contributed by atoms with Gasteiger partial charge < -0.3 is 20.7 Å². The number of amides is 1. The van der Waals surface area contributed by atoms with Gasteiger partial charge in [-0.25, -0.2) is 0 Å². The van der Waals surface area contributed by atoms with Crippen LogP contribution in [-0.4, -0.2) is 33.5 Å². The van der Waals surface area contributed by atoms with Crippen molar-refractivity contribution in [3.05, 3.63) is 46.3 Å². The number of hydrogen-bond acceptors (Lipinski definition) is 4. The standard InChI is InChI=1S/C23H29N3O3/c1-13-14(2)26(20-4-3-5-21(28)22(13)20)16-8-11-18(23(24)29)19(12-16)25-15-6-9-17(27)10-7-15/h8,11-12,15,17,25,27H,3-7,9-10H2,1-2H3,(H2,24,29). The van der Waals surface area contributed by atoms with Crippen LogP contribution in [0.25, 0.3) is 5.69 Å². The van der Waals surface area contributed by atoms with Gasteiger partial charge in [-0.05, 0) is 76.1 Å². The van der Waals surface area contributed by atoms with Crippen molar-refractivity contribution >= 4 is 17.4 Å². The summed E-state index contributed by atoms with van der Waals surface area (Å²) in [5, 5.41) is 13.2. The second-order valence-corrected chi connectivity index (χ2v) is 8.39. The zero-order chi connectivity index (χ0) is 20.7. The van der Waals surface area contributed by atoms with E-state index >= 15 is 0 Å². The highest BCUT2D eigenvalue weighted by molar-refractivity contribution is 6.01. The number of nitrogens with zero attached hydrogens (tertiary/aromatic N) is 1. The number of rotatable bonds is 4. The maximum atomic E-state index is 12.5. The summed E-state index contributed by atoms with van der Waals surface area (Å²) in [6, 6.07) is 5.84. The maximum Gasteiger partial charge on any atom is 0.250 e. The third-order valence-corrected chi connectivity index (χ3v) is 6.49. The summed E-state index contributed by atoms with van der Waals surface area (Å²) in [6.45, 7) is 4.05. The number of aromatic nitrogens is 1. The normalized spacial score (nSPS) is 21.7. The van der Waals surface area contributed by atoms with Gasteiger partial charge in [-0.3, -0.25) is 9.59 Å². The third-order valence-electron chi connectivity index (χ3n) is 6.49. The lowest BCUT2D eigenvalue weighted by Crippen LogP contribution is -2.29. The summed E-state index contributed by atoms with van der Waals surface area (Å²) >= 11 is 0. The smallest absolute Gasteiger partial charge is 0.250 e. The second-order valence-electron chi connectivity index (χ2n) is 8.39. The third kappa shape index (κ3) is 3.57. The van der Waals surface area contributed by atoms with E-state index in [-0.39, 0.29) is 17.9 Å². The Kier molecular flexibility index (Phi) is 5.21. The van der Waals surface area contributed by atoms with E-state index in [4.69, 9.17) is 5.73 Å². The summed E-state index contributed by atoms with van der Waals surface area (Å²) in [7, 11) is 0. The number of fused-ring (bicyclic) bond motifs is 1. The number of benzene rings is 1. The molecule has 0 radical (unpaired) electrons. The first-order valence-electron chi connectivity index (χ1n) is 10.5. The molecule has 6 heteroatoms. The lowest BCUT2D eigenvalue weighted by Gasteiger charge is -2.28. The molecule has 4 N–H and O–H groups in total. The fraction of sp³-hybridized carbons (Fsp3) is 0.478. The van der Waals surface area contributed by atoms with Crippen LogP contribution in [0.3, 0.4) is 0 Å². The van der Waals surface area contributed by atoms with E-state index in [0.717, 1.165) is 72.4 Å². The molecule has 0 atom stereocenters. The summed E-state index contributed by atoms with van der Waals surface area (Å²) < 4.78 is 2.16. The van der Waals surface area contributed by atoms with E-state index in [1.165, 1.54) is 0 Å². The molecule has 0 saturated heterocycles. The van der Waals surface area contributed by atoms with Crippen molar-refractivity contribution in [3.8, 4) is 5.69 Å². The number of carbonyl (C=O) groups excluding carboxylic acids is 2. The molecule has 0 bridgehead atoms. The number of aliphatic hydroxyl groups is 1. The maximum absolute atomic E-state index is 12.5. The molecule has 2 aliphatic rings. The van der Waals surface area contributed by atoms with Crippen LogP contribution in [0.5, 0.6) is 0 Å². The van der Waals surface area contributed by atoms with Crippen molar-refractivity contribution in [1.82, 2.24) is 4.57 Å². The van der Waals surface area contributed by atoms with Crippen molar-refractivity contribution in [2.45, 2.75) is 70.9 Å². The number of nitrogens with one attached hydrogen (secondary N) is 1. The highest BCUT2D eigenvalue weighted by Crippen LogP contribution is 2.33. The molecule has 1 saturated carbocycles. The lowest BCUT2D eigenvalue weighted by molar-refractivity contribution is 0.0969. The van der Waals surface area contributed by atoms with Crippen LogP contribution in [0, 0.1) is 13.8 Å². The largest absolute Gasteiger partial charge is 0.393 e. The fourth-order valence-electron chi connectivity index (χ4n) is 4.82. The summed E-state index contributed by atoms with van der Waals surface area (Å²) in [4.78, 5) is 24.5. The van der Waals surface area contributed by atoms with Crippen molar-refractivity contribution < 1.29 is 14.7 Å². The van der Waals surface area contributed by atoms with E-state index in [2.05, 4.69) is 9.88 Å². The summed E-state index contributed by atoms with van der Waals surface area (Å²) in [5.41, 5.74) is 11.8. The zero-order valence-electron chi connectivity index (χ0n) is 17.1. The quantitative estimate of drug-likeness (QED) is 0.739. The molecule has 154 valence electrons. The van der Waals surface area contributed by atoms with Gasteiger partial charge in [-0.2, -0.15) is 0 Å². The van der Waals surface area contributed by atoms with Gasteiger partial charge in [0.05, 0.1) is 11.7 Å². The highest BCUT2D eigenvalue weighted by Gasteiger charge is 2.27. The Hall–Kier alpha value is -2.60. The van der Waals surface area contributed by atoms with Crippen molar-refractivity contribution in [3.63, 3.8) is 0 Å². The van der Waals surface area contributed by atoms with E-state index in [1.54, 1.807) is 6.07 Å². The number of anilines is 1. The average molecular weight is 396 g/mol. The number of carbonyl (C=O) groups is 2. The highest BCUT2D eigenvalue weighted by atomic mass is 16.3. The van der Waals surface area contributed by atoms with E-state index in [0.29, 0.717) is 12.0 Å². The van der Waals surface area contributed by atoms with E-state index < -0.39 is 5.91 Å². The minimum Gasteiger partial charge on any atom is -0.393 e. The van der Waals surface area contributed by atoms with Crippen molar-refractivity contribution in [1.29, 1.82) is 0 Å². The van der Waals surface area contributed by atoms with Crippen LogP contribution < -0.4 is 11.1 Å². The second kappa shape index (κ2) is 7.67. The molecule has 1 aromatic carbocycles. The Morgan fingerprint density at radius 1 is 1.17 bits per heavy atom. The topological polar surface area (TPSA) is 97.3 Å². The molecule has 1 aromatic heterocycles. The summed E-state index contributed by atoms with van der Waals surface area (Å²) in [6.07, 6.45) is 5.34. The number of Topliss-reactive ketones (excluding diaryl/α,β-unsaturated/α-hetero) is 1. The monoisotopic (exact) mass is 395 g/mol. The number of primary amides is 1. The molecule has 6 nitrogen and oxygen atoms in total. The molecule has 1 amide bonds. The van der Waals surface area contributed by atoms with Gasteiger partial charge in [0.2, 0.25) is 0 Å². The van der Waals surface area contributed by atoms with Crippen LogP contribution in [-0.2, 0) is 6.42 Å². The average Bonchev–Trinajstić information content (AvgIpc) is 2.95. The molecule has 2 aromatic rings. The first kappa shape index (κ1) is 19.7. The van der Waals surface area contributed by atoms with Crippen LogP contribution in [0.15, 0.2) is 18.2 Å². The number of aliphatic hydroxyl groups excluding tert-OH is 1. The number of ketones is 1. The van der Waals surface area contributed by atoms with Gasteiger partial charge >= 0.3 is 0 Å². The van der Waals surface area contributed by atoms with Crippen molar-refractivity contribution in [2.24, 2.45) is 5.73 Å². The minimum atomic E-state index is -0.465. The molecule has 0 aliphatic heterocycles. The minimum absolute atomic E-state index is 0.203. The SMILES string of the molecule is Cc1c2c(n(-c3ccc(C(N)=O)c(NC4CCC(O)CC4)c3)c1C)CCCC2=O. The molecule has 1 fully saturated rings. The molecule has 29 heavy (non-hydrogen) atoms. The van der Waals surface area contributed by atoms with Crippen LogP contribution in [0.4, 0.5) is 5.69 Å². The lowest BCUT2D eigenvalue weighted by atomic mass is 9.92. The van der Waals surface area contributed by atoms with Gasteiger partial charge in [0.25, 0.3) is 5.91 Å². The van der Waals surface area contributed by atoms with Crippen molar-refractivity contribution in [2.75, 3.05) is 5.32 Å². The van der Waals surface area contributed by atoms with E-state index in [1.807, 2.05) is 26.0 Å². The van der Waals surface area contributed by atoms with Crippen LogP contribution in [0.1, 0.15) is 76.2 Å². The molecule has 2 aliphatic carbocycles. The van der Waals surface area contributed by atoms with Gasteiger partial charge in [-0.1, -0.05) is 0 Å². The Morgan fingerprint density at radius 2 is 1.90 bits per heavy atom. The van der Waals surface area contributed by atoms with Crippen LogP contribution in [0.2, 0.25) is 0 Å². The van der Waals surface area contributed by atoms with Gasteiger partial charge in [0.15, 0.2) is 5.78 Å². The number of nitrogens with two attached hydrogens (primary N) is 1. The molecule has 1 heterocycles. The van der Waals surface area contributed by atoms with Gasteiger partial charge in [0.1, 0.15) is 0 Å². The Morgan fingerprint density at radius 3 is 2.59 bits per heavy atom. The van der Waals surface area contributed by atoms with Crippen LogP contribution >= 0.6 is 0 Å². The Balaban J connectivity index is 1.75. The fourth-order valence-corrected chi connectivity index (χ4v) is 4.82. The molecule has 4 rings (SSSR count). The molecule has 0 spiro atoms. The Labute approximate surface area is 171 Å². The first-order chi connectivity index (χ1) is 13.9. The molecule has 0 unspecified atom stereocenters. The van der Waals surface area contributed by atoms with E-state index in [9.17, 15) is 14.7 Å². The Bertz CT molecular complexity index is 968. The zero-order valence-corrected chi connectivity index (χ0v) is 17.1. The first-order valence-corrected chi connectivity index (χ1v) is 10.5. The van der Waals surface area contributed by atoms with Gasteiger partial charge in [0, 0.05) is 40.8 Å². The molecular formula is C23H29N3O3. The van der Waals surface area contributed by atoms with Gasteiger partial charge in [-0.15, -0.1) is 0 Å².